The van der Waals surface area contributed by atoms with E-state index in [0.717, 1.165) is 27.3 Å². The Morgan fingerprint density at radius 2 is 0.932 bits per heavy atom. The van der Waals surface area contributed by atoms with E-state index in [1.54, 1.807) is 0 Å². The molecule has 0 aliphatic heterocycles. The molecule has 12 aromatic rings. The van der Waals surface area contributed by atoms with E-state index in [9.17, 15) is 0 Å². The summed E-state index contributed by atoms with van der Waals surface area (Å²) in [5.41, 5.74) is 13.0. The summed E-state index contributed by atoms with van der Waals surface area (Å²) in [6.07, 6.45) is 0. The second-order valence-corrected chi connectivity index (χ2v) is 16.6. The molecule has 12 rings (SSSR count). The lowest BCUT2D eigenvalue weighted by Crippen LogP contribution is -2.03. The van der Waals surface area contributed by atoms with Gasteiger partial charge in [0.05, 0.1) is 0 Å². The van der Waals surface area contributed by atoms with Gasteiger partial charge in [-0.1, -0.05) is 182 Å². The van der Waals surface area contributed by atoms with E-state index >= 15 is 0 Å². The molecule has 1 unspecified atom stereocenters. The molecule has 0 radical (unpaired) electrons. The molecule has 59 heavy (non-hydrogen) atoms. The molecule has 0 N–H and O–H groups in total. The van der Waals surface area contributed by atoms with Crippen LogP contribution in [-0.2, 0) is 0 Å². The maximum Gasteiger partial charge on any atom is 0.143 e. The van der Waals surface area contributed by atoms with Gasteiger partial charge in [0.1, 0.15) is 11.2 Å². The van der Waals surface area contributed by atoms with Crippen LogP contribution in [0.25, 0.3) is 97.0 Å². The number of hydrogen-bond donors (Lipinski definition) is 0. The lowest BCUT2D eigenvalue weighted by atomic mass is 9.84. The Morgan fingerprint density at radius 3 is 1.75 bits per heavy atom. The highest BCUT2D eigenvalue weighted by Gasteiger charge is 2.20. The maximum atomic E-state index is 6.70. The lowest BCUT2D eigenvalue weighted by Gasteiger charge is -2.20. The second kappa shape index (κ2) is 13.7. The van der Waals surface area contributed by atoms with Crippen molar-refractivity contribution in [2.75, 3.05) is 0 Å². The predicted molar refractivity (Wildman–Crippen MR) is 252 cm³/mol. The average molecular weight is 769 g/mol. The minimum atomic E-state index is 0.101. The zero-order valence-electron chi connectivity index (χ0n) is 32.1. The predicted octanol–water partition coefficient (Wildman–Crippen LogP) is 16.4. The first-order chi connectivity index (χ1) is 29.2. The molecular formula is C57H36OS. The number of hydrogen-bond acceptors (Lipinski definition) is 2. The van der Waals surface area contributed by atoms with Crippen molar-refractivity contribution in [1.29, 1.82) is 0 Å². The number of benzene rings is 10. The van der Waals surface area contributed by atoms with Crippen molar-refractivity contribution in [2.45, 2.75) is 5.92 Å². The van der Waals surface area contributed by atoms with Gasteiger partial charge in [-0.3, -0.25) is 0 Å². The third kappa shape index (κ3) is 5.60. The molecule has 0 fully saturated rings. The van der Waals surface area contributed by atoms with Crippen molar-refractivity contribution >= 4 is 75.0 Å². The number of rotatable bonds is 6. The van der Waals surface area contributed by atoms with Gasteiger partial charge < -0.3 is 4.42 Å². The van der Waals surface area contributed by atoms with Gasteiger partial charge in [0.2, 0.25) is 0 Å². The zero-order valence-corrected chi connectivity index (χ0v) is 32.9. The average Bonchev–Trinajstić information content (AvgIpc) is 3.88. The largest absolute Gasteiger partial charge is 0.455 e. The van der Waals surface area contributed by atoms with Gasteiger partial charge >= 0.3 is 0 Å². The molecular weight excluding hydrogens is 733 g/mol. The van der Waals surface area contributed by atoms with Crippen LogP contribution in [0.1, 0.15) is 22.6 Å². The van der Waals surface area contributed by atoms with E-state index in [0.29, 0.717) is 0 Å². The van der Waals surface area contributed by atoms with Crippen molar-refractivity contribution < 1.29 is 4.42 Å². The minimum absolute atomic E-state index is 0.101. The number of fused-ring (bicyclic) bond motifs is 9. The van der Waals surface area contributed by atoms with Crippen LogP contribution in [0.15, 0.2) is 217 Å². The summed E-state index contributed by atoms with van der Waals surface area (Å²) in [6, 6.07) is 77.6. The molecule has 0 amide bonds. The van der Waals surface area contributed by atoms with E-state index in [1.165, 1.54) is 86.4 Å². The fourth-order valence-corrected chi connectivity index (χ4v) is 10.6. The molecule has 276 valence electrons. The van der Waals surface area contributed by atoms with Crippen LogP contribution >= 0.6 is 11.3 Å². The molecule has 1 atom stereocenters. The monoisotopic (exact) mass is 768 g/mol. The Labute approximate surface area is 346 Å². The fraction of sp³-hybridized carbons (Fsp3) is 0.0175. The van der Waals surface area contributed by atoms with Crippen molar-refractivity contribution in [2.24, 2.45) is 0 Å². The van der Waals surface area contributed by atoms with Crippen LogP contribution in [0.2, 0.25) is 0 Å². The van der Waals surface area contributed by atoms with E-state index in [1.807, 2.05) is 11.3 Å². The SMILES string of the molecule is c1ccc(C(c2ccc(-c3ccc4oc5c6ccccc6c(-c6cccc7sc8ccccc8c67)cc5c4c3)cc2)c2ccc(-c3cccc4ccccc34)cc2)cc1. The smallest absolute Gasteiger partial charge is 0.143 e. The van der Waals surface area contributed by atoms with Crippen LogP contribution in [0.5, 0.6) is 0 Å². The highest BCUT2D eigenvalue weighted by molar-refractivity contribution is 7.25. The summed E-state index contributed by atoms with van der Waals surface area (Å²) >= 11 is 1.86. The van der Waals surface area contributed by atoms with Gasteiger partial charge in [0.15, 0.2) is 0 Å². The summed E-state index contributed by atoms with van der Waals surface area (Å²) in [7, 11) is 0. The molecule has 2 heterocycles. The summed E-state index contributed by atoms with van der Waals surface area (Å²) in [4.78, 5) is 0. The summed E-state index contributed by atoms with van der Waals surface area (Å²) in [5.74, 6) is 0.101. The van der Waals surface area contributed by atoms with Crippen LogP contribution in [0, 0.1) is 0 Å². The van der Waals surface area contributed by atoms with E-state index in [2.05, 4.69) is 212 Å². The van der Waals surface area contributed by atoms with E-state index < -0.39 is 0 Å². The molecule has 10 aromatic carbocycles. The molecule has 0 spiro atoms. The first-order valence-corrected chi connectivity index (χ1v) is 21.1. The topological polar surface area (TPSA) is 13.1 Å². The third-order valence-corrected chi connectivity index (χ3v) is 13.4. The Bertz CT molecular complexity index is 3530. The van der Waals surface area contributed by atoms with Gasteiger partial charge in [-0.2, -0.15) is 0 Å². The van der Waals surface area contributed by atoms with Crippen LogP contribution in [0.3, 0.4) is 0 Å². The van der Waals surface area contributed by atoms with Crippen molar-refractivity contribution in [3.05, 3.63) is 229 Å². The lowest BCUT2D eigenvalue weighted by molar-refractivity contribution is 0.673. The molecule has 2 aromatic heterocycles. The molecule has 0 bridgehead atoms. The third-order valence-electron chi connectivity index (χ3n) is 12.2. The summed E-state index contributed by atoms with van der Waals surface area (Å²) < 4.78 is 9.32. The molecule has 0 saturated heterocycles. The fourth-order valence-electron chi connectivity index (χ4n) is 9.42. The zero-order chi connectivity index (χ0) is 38.9. The van der Waals surface area contributed by atoms with Crippen molar-refractivity contribution in [3.8, 4) is 33.4 Å². The van der Waals surface area contributed by atoms with Crippen molar-refractivity contribution in [3.63, 3.8) is 0 Å². The van der Waals surface area contributed by atoms with Gasteiger partial charge in [0, 0.05) is 42.2 Å². The van der Waals surface area contributed by atoms with Crippen molar-refractivity contribution in [1.82, 2.24) is 0 Å². The van der Waals surface area contributed by atoms with Gasteiger partial charge in [0.25, 0.3) is 0 Å². The second-order valence-electron chi connectivity index (χ2n) is 15.6. The normalized spacial score (nSPS) is 12.3. The molecule has 0 saturated carbocycles. The van der Waals surface area contributed by atoms with Gasteiger partial charge in [-0.15, -0.1) is 11.3 Å². The Kier molecular flexibility index (Phi) is 7.86. The molecule has 0 aliphatic rings. The summed E-state index contributed by atoms with van der Waals surface area (Å²) in [5, 5.41) is 9.77. The van der Waals surface area contributed by atoms with Crippen LogP contribution in [-0.4, -0.2) is 0 Å². The van der Waals surface area contributed by atoms with Gasteiger partial charge in [-0.25, -0.2) is 0 Å². The highest BCUT2D eigenvalue weighted by Crippen LogP contribution is 2.46. The quantitative estimate of drug-likeness (QED) is 0.154. The summed E-state index contributed by atoms with van der Waals surface area (Å²) in [6.45, 7) is 0. The Hall–Kier alpha value is -7.26. The number of furan rings is 1. The standard InChI is InChI=1S/C57H36OS/c1-2-13-39(14-3-1)55(41-30-26-38(27-31-41)44-20-10-15-37-12-4-5-16-43(37)44)40-28-24-36(25-29-40)42-32-33-52-50(34-42)51-35-49(45-17-6-7-18-47(45)57(51)58-52)46-21-11-23-54-56(46)48-19-8-9-22-53(48)59-54/h1-35,55H. The first kappa shape index (κ1) is 33.8. The number of thiophene rings is 1. The highest BCUT2D eigenvalue weighted by atomic mass is 32.1. The Morgan fingerprint density at radius 1 is 0.339 bits per heavy atom. The maximum absolute atomic E-state index is 6.70. The van der Waals surface area contributed by atoms with Gasteiger partial charge in [-0.05, 0) is 96.6 Å². The molecule has 0 aliphatic carbocycles. The van der Waals surface area contributed by atoms with E-state index in [4.69, 9.17) is 4.42 Å². The van der Waals surface area contributed by atoms with Crippen LogP contribution < -0.4 is 0 Å². The molecule has 1 nitrogen and oxygen atoms in total. The van der Waals surface area contributed by atoms with Crippen LogP contribution in [0.4, 0.5) is 0 Å². The molecule has 2 heteroatoms. The Balaban J connectivity index is 0.948. The van der Waals surface area contributed by atoms with E-state index in [-0.39, 0.29) is 5.92 Å². The minimum Gasteiger partial charge on any atom is -0.455 e. The first-order valence-electron chi connectivity index (χ1n) is 20.3.